The Morgan fingerprint density at radius 3 is 3.00 bits per heavy atom. The number of hydrogen-bond donors (Lipinski definition) is 1. The monoisotopic (exact) mass is 287 g/mol. The lowest BCUT2D eigenvalue weighted by Gasteiger charge is -2.10. The number of para-hydroxylation sites is 2. The molecule has 0 spiro atoms. The highest BCUT2D eigenvalue weighted by Gasteiger charge is 2.31. The van der Waals surface area contributed by atoms with Gasteiger partial charge in [-0.15, -0.1) is 0 Å². The molecule has 1 aliphatic rings. The van der Waals surface area contributed by atoms with Crippen LogP contribution in [0, 0.1) is 5.92 Å². The first kappa shape index (κ1) is 13.6. The quantitative estimate of drug-likeness (QED) is 0.909. The number of carbonyl (C=O) groups is 2. The third-order valence-corrected chi connectivity index (χ3v) is 3.69. The summed E-state index contributed by atoms with van der Waals surface area (Å²) in [5.41, 5.74) is 1.57. The van der Waals surface area contributed by atoms with E-state index in [0.29, 0.717) is 31.8 Å². The van der Waals surface area contributed by atoms with Gasteiger partial charge in [0.2, 0.25) is 11.8 Å². The maximum Gasteiger partial charge on any atom is 0.225 e. The highest BCUT2D eigenvalue weighted by molar-refractivity contribution is 5.89. The predicted octanol–water partition coefficient (Wildman–Crippen LogP) is 0.965. The summed E-state index contributed by atoms with van der Waals surface area (Å²) in [6.07, 6.45) is 0.835. The van der Waals surface area contributed by atoms with Crippen LogP contribution in [0.1, 0.15) is 12.3 Å². The number of amides is 2. The van der Waals surface area contributed by atoms with Crippen LogP contribution in [0.4, 0.5) is 0 Å². The van der Waals surface area contributed by atoms with Gasteiger partial charge in [-0.3, -0.25) is 9.59 Å². The van der Waals surface area contributed by atoms with Crippen molar-refractivity contribution in [3.05, 3.63) is 30.2 Å². The van der Waals surface area contributed by atoms with Crippen molar-refractivity contribution in [2.75, 3.05) is 20.1 Å². The Hall–Kier alpha value is -2.37. The molecule has 1 saturated heterocycles. The molecule has 2 amide bonds. The molecule has 3 rings (SSSR count). The van der Waals surface area contributed by atoms with Crippen molar-refractivity contribution >= 4 is 22.9 Å². The lowest BCUT2D eigenvalue weighted by Crippen LogP contribution is -2.33. The van der Waals surface area contributed by atoms with Crippen LogP contribution in [-0.2, 0) is 16.0 Å². The van der Waals surface area contributed by atoms with E-state index >= 15 is 0 Å². The van der Waals surface area contributed by atoms with Gasteiger partial charge < -0.3 is 14.6 Å². The number of benzene rings is 1. The van der Waals surface area contributed by atoms with E-state index in [1.807, 2.05) is 24.3 Å². The van der Waals surface area contributed by atoms with Crippen LogP contribution in [0.3, 0.4) is 0 Å². The first-order valence-corrected chi connectivity index (χ1v) is 6.99. The molecule has 0 radical (unpaired) electrons. The average Bonchev–Trinajstić information content (AvgIpc) is 3.02. The Morgan fingerprint density at radius 2 is 2.29 bits per heavy atom. The van der Waals surface area contributed by atoms with E-state index in [9.17, 15) is 9.59 Å². The van der Waals surface area contributed by atoms with E-state index in [-0.39, 0.29) is 17.7 Å². The van der Waals surface area contributed by atoms with Crippen LogP contribution in [0.15, 0.2) is 28.7 Å². The molecule has 6 nitrogen and oxygen atoms in total. The first-order chi connectivity index (χ1) is 10.1. The standard InChI is InChI=1S/C15H17N3O3/c1-18-9-10(8-14(18)19)15(20)16-7-6-13-17-11-4-2-3-5-12(11)21-13/h2-5,10H,6-9H2,1H3,(H,16,20)/t10-/m0/s1. The van der Waals surface area contributed by atoms with Crippen molar-refractivity contribution in [2.45, 2.75) is 12.8 Å². The molecule has 0 bridgehead atoms. The lowest BCUT2D eigenvalue weighted by atomic mass is 10.1. The maximum atomic E-state index is 12.0. The molecule has 21 heavy (non-hydrogen) atoms. The van der Waals surface area contributed by atoms with Crippen molar-refractivity contribution in [2.24, 2.45) is 5.92 Å². The minimum absolute atomic E-state index is 0.0223. The second kappa shape index (κ2) is 5.55. The third kappa shape index (κ3) is 2.89. The molecule has 2 aromatic rings. The summed E-state index contributed by atoms with van der Waals surface area (Å²) in [6, 6.07) is 7.56. The van der Waals surface area contributed by atoms with Crippen LogP contribution < -0.4 is 5.32 Å². The van der Waals surface area contributed by atoms with Crippen LogP contribution >= 0.6 is 0 Å². The number of aromatic nitrogens is 1. The van der Waals surface area contributed by atoms with Crippen LogP contribution in [0.25, 0.3) is 11.1 Å². The van der Waals surface area contributed by atoms with Crippen molar-refractivity contribution in [1.82, 2.24) is 15.2 Å². The summed E-state index contributed by atoms with van der Waals surface area (Å²) in [5.74, 6) is 0.306. The van der Waals surface area contributed by atoms with Gasteiger partial charge in [0.1, 0.15) is 5.52 Å². The number of oxazole rings is 1. The van der Waals surface area contributed by atoms with Crippen molar-refractivity contribution in [3.63, 3.8) is 0 Å². The number of likely N-dealkylation sites (tertiary alicyclic amines) is 1. The fourth-order valence-corrected chi connectivity index (χ4v) is 2.50. The van der Waals surface area contributed by atoms with E-state index in [2.05, 4.69) is 10.3 Å². The summed E-state index contributed by atoms with van der Waals surface area (Å²) < 4.78 is 5.58. The van der Waals surface area contributed by atoms with Gasteiger partial charge in [0.15, 0.2) is 11.5 Å². The lowest BCUT2D eigenvalue weighted by molar-refractivity contribution is -0.128. The first-order valence-electron chi connectivity index (χ1n) is 6.99. The number of hydrogen-bond acceptors (Lipinski definition) is 4. The van der Waals surface area contributed by atoms with E-state index in [1.54, 1.807) is 11.9 Å². The number of nitrogens with one attached hydrogen (secondary N) is 1. The van der Waals surface area contributed by atoms with Gasteiger partial charge in [0, 0.05) is 33.0 Å². The predicted molar refractivity (Wildman–Crippen MR) is 76.5 cm³/mol. The molecule has 1 atom stereocenters. The van der Waals surface area contributed by atoms with Gasteiger partial charge in [-0.25, -0.2) is 4.98 Å². The van der Waals surface area contributed by atoms with E-state index in [0.717, 1.165) is 11.1 Å². The van der Waals surface area contributed by atoms with E-state index in [1.165, 1.54) is 0 Å². The molecule has 1 aliphatic heterocycles. The minimum atomic E-state index is -0.244. The molecule has 1 aromatic heterocycles. The smallest absolute Gasteiger partial charge is 0.225 e. The summed E-state index contributed by atoms with van der Waals surface area (Å²) in [6.45, 7) is 0.952. The molecule has 110 valence electrons. The van der Waals surface area contributed by atoms with Gasteiger partial charge in [-0.05, 0) is 12.1 Å². The number of rotatable bonds is 4. The molecular weight excluding hydrogens is 270 g/mol. The van der Waals surface area contributed by atoms with Gasteiger partial charge in [-0.2, -0.15) is 0 Å². The second-order valence-corrected chi connectivity index (χ2v) is 5.29. The molecule has 6 heteroatoms. The van der Waals surface area contributed by atoms with Crippen LogP contribution in [0.2, 0.25) is 0 Å². The maximum absolute atomic E-state index is 12.0. The molecule has 1 N–H and O–H groups in total. The zero-order chi connectivity index (χ0) is 14.8. The molecule has 0 saturated carbocycles. The zero-order valence-corrected chi connectivity index (χ0v) is 11.8. The topological polar surface area (TPSA) is 75.4 Å². The molecule has 0 aliphatic carbocycles. The highest BCUT2D eigenvalue weighted by atomic mass is 16.3. The van der Waals surface area contributed by atoms with E-state index < -0.39 is 0 Å². The Morgan fingerprint density at radius 1 is 1.48 bits per heavy atom. The third-order valence-electron chi connectivity index (χ3n) is 3.69. The zero-order valence-electron chi connectivity index (χ0n) is 11.8. The average molecular weight is 287 g/mol. The van der Waals surface area contributed by atoms with E-state index in [4.69, 9.17) is 4.42 Å². The molecule has 1 aromatic carbocycles. The van der Waals surface area contributed by atoms with Crippen molar-refractivity contribution in [3.8, 4) is 0 Å². The van der Waals surface area contributed by atoms with Crippen molar-refractivity contribution in [1.29, 1.82) is 0 Å². The van der Waals surface area contributed by atoms with Gasteiger partial charge >= 0.3 is 0 Å². The van der Waals surface area contributed by atoms with Gasteiger partial charge in [0.05, 0.1) is 5.92 Å². The Kier molecular flexibility index (Phi) is 3.60. The molecule has 2 heterocycles. The highest BCUT2D eigenvalue weighted by Crippen LogP contribution is 2.16. The van der Waals surface area contributed by atoms with Gasteiger partial charge in [0.25, 0.3) is 0 Å². The fraction of sp³-hybridized carbons (Fsp3) is 0.400. The summed E-state index contributed by atoms with van der Waals surface area (Å²) >= 11 is 0. The Bertz CT molecular complexity index is 647. The minimum Gasteiger partial charge on any atom is -0.441 e. The summed E-state index contributed by atoms with van der Waals surface area (Å²) in [4.78, 5) is 29.3. The molecular formula is C15H17N3O3. The number of fused-ring (bicyclic) bond motifs is 1. The van der Waals surface area contributed by atoms with Gasteiger partial charge in [-0.1, -0.05) is 12.1 Å². The second-order valence-electron chi connectivity index (χ2n) is 5.29. The fourth-order valence-electron chi connectivity index (χ4n) is 2.50. The number of nitrogens with zero attached hydrogens (tertiary/aromatic N) is 2. The normalized spacial score (nSPS) is 18.4. The van der Waals surface area contributed by atoms with Crippen LogP contribution in [0.5, 0.6) is 0 Å². The molecule has 0 unspecified atom stereocenters. The van der Waals surface area contributed by atoms with Crippen LogP contribution in [-0.4, -0.2) is 41.8 Å². The van der Waals surface area contributed by atoms with Crippen molar-refractivity contribution < 1.29 is 14.0 Å². The Balaban J connectivity index is 1.52. The summed E-state index contributed by atoms with van der Waals surface area (Å²) in [5, 5.41) is 2.84. The number of carbonyl (C=O) groups excluding carboxylic acids is 2. The SMILES string of the molecule is CN1C[C@@H](C(=O)NCCc2nc3ccccc3o2)CC1=O. The Labute approximate surface area is 122 Å². The summed E-state index contributed by atoms with van der Waals surface area (Å²) in [7, 11) is 1.72. The molecule has 1 fully saturated rings. The largest absolute Gasteiger partial charge is 0.441 e.